The average molecular weight is 233 g/mol. The summed E-state index contributed by atoms with van der Waals surface area (Å²) in [5.41, 5.74) is 2.71. The zero-order chi connectivity index (χ0) is 12.3. The van der Waals surface area contributed by atoms with Gasteiger partial charge in [0.25, 0.3) is 5.91 Å². The molecule has 0 unspecified atom stereocenters. The van der Waals surface area contributed by atoms with Gasteiger partial charge in [-0.15, -0.1) is 0 Å². The van der Waals surface area contributed by atoms with Crippen LogP contribution in [0.2, 0.25) is 0 Å². The van der Waals surface area contributed by atoms with Gasteiger partial charge in [-0.25, -0.2) is 0 Å². The molecular formula is C13H19N3O. The summed E-state index contributed by atoms with van der Waals surface area (Å²) in [5.74, 6) is 0.0832. The van der Waals surface area contributed by atoms with Gasteiger partial charge in [-0.1, -0.05) is 13.0 Å². The van der Waals surface area contributed by atoms with Crippen LogP contribution in [0.5, 0.6) is 0 Å². The largest absolute Gasteiger partial charge is 0.382 e. The van der Waals surface area contributed by atoms with Gasteiger partial charge in [-0.05, 0) is 18.6 Å². The van der Waals surface area contributed by atoms with Gasteiger partial charge in [-0.3, -0.25) is 4.79 Å². The van der Waals surface area contributed by atoms with Crippen molar-refractivity contribution in [2.75, 3.05) is 37.3 Å². The van der Waals surface area contributed by atoms with E-state index in [4.69, 9.17) is 0 Å². The maximum Gasteiger partial charge on any atom is 0.255 e. The first kappa shape index (κ1) is 11.8. The Morgan fingerprint density at radius 2 is 2.12 bits per heavy atom. The Bertz CT molecular complexity index is 417. The van der Waals surface area contributed by atoms with E-state index in [2.05, 4.69) is 17.6 Å². The van der Waals surface area contributed by atoms with E-state index in [1.54, 1.807) is 4.90 Å². The molecule has 2 N–H and O–H groups in total. The average Bonchev–Trinajstić information content (AvgIpc) is 2.37. The van der Waals surface area contributed by atoms with Crippen LogP contribution in [-0.2, 0) is 0 Å². The fourth-order valence-electron chi connectivity index (χ4n) is 2.10. The number of amides is 1. The molecule has 0 bridgehead atoms. The van der Waals surface area contributed by atoms with E-state index in [1.807, 2.05) is 25.2 Å². The van der Waals surface area contributed by atoms with Crippen LogP contribution in [0.4, 0.5) is 11.4 Å². The maximum absolute atomic E-state index is 12.3. The number of nitrogens with zero attached hydrogens (tertiary/aromatic N) is 1. The molecule has 4 nitrogen and oxygen atoms in total. The highest BCUT2D eigenvalue weighted by Crippen LogP contribution is 2.28. The molecule has 1 aliphatic heterocycles. The van der Waals surface area contributed by atoms with E-state index in [0.29, 0.717) is 0 Å². The quantitative estimate of drug-likeness (QED) is 0.839. The smallest absolute Gasteiger partial charge is 0.255 e. The zero-order valence-corrected chi connectivity index (χ0v) is 10.4. The predicted octanol–water partition coefficient (Wildman–Crippen LogP) is 2.01. The summed E-state index contributed by atoms with van der Waals surface area (Å²) in [5, 5.41) is 6.59. The molecule has 92 valence electrons. The van der Waals surface area contributed by atoms with Crippen LogP contribution in [0.1, 0.15) is 23.7 Å². The van der Waals surface area contributed by atoms with Crippen LogP contribution in [-0.4, -0.2) is 37.5 Å². The molecule has 1 aliphatic rings. The second-order valence-corrected chi connectivity index (χ2v) is 4.31. The molecule has 0 radical (unpaired) electrons. The standard InChI is InChI=1S/C13H19N3O/c1-3-9-16(2)13(17)10-5-4-6-11-12(10)15-8-7-14-11/h4-6,14-15H,3,7-9H2,1-2H3. The van der Waals surface area contributed by atoms with Crippen molar-refractivity contribution in [1.82, 2.24) is 4.90 Å². The van der Waals surface area contributed by atoms with Crippen molar-refractivity contribution in [3.05, 3.63) is 23.8 Å². The molecule has 1 aromatic rings. The van der Waals surface area contributed by atoms with Crippen molar-refractivity contribution in [3.8, 4) is 0 Å². The monoisotopic (exact) mass is 233 g/mol. The minimum atomic E-state index is 0.0832. The first-order valence-corrected chi connectivity index (χ1v) is 6.10. The summed E-state index contributed by atoms with van der Waals surface area (Å²) in [6.07, 6.45) is 0.975. The lowest BCUT2D eigenvalue weighted by atomic mass is 10.1. The number of carbonyl (C=O) groups is 1. The molecule has 1 amide bonds. The molecule has 0 atom stereocenters. The summed E-state index contributed by atoms with van der Waals surface area (Å²) in [7, 11) is 1.85. The SMILES string of the molecule is CCCN(C)C(=O)c1cccc2c1NCCN2. The number of nitrogens with one attached hydrogen (secondary N) is 2. The molecule has 0 fully saturated rings. The third kappa shape index (κ3) is 2.35. The van der Waals surface area contributed by atoms with E-state index in [1.165, 1.54) is 0 Å². The third-order valence-electron chi connectivity index (χ3n) is 2.94. The summed E-state index contributed by atoms with van der Waals surface area (Å²) < 4.78 is 0. The van der Waals surface area contributed by atoms with Gasteiger partial charge >= 0.3 is 0 Å². The Morgan fingerprint density at radius 1 is 1.35 bits per heavy atom. The van der Waals surface area contributed by atoms with Gasteiger partial charge in [0, 0.05) is 26.7 Å². The Morgan fingerprint density at radius 3 is 2.88 bits per heavy atom. The predicted molar refractivity (Wildman–Crippen MR) is 70.7 cm³/mol. The van der Waals surface area contributed by atoms with Crippen LogP contribution in [0.3, 0.4) is 0 Å². The van der Waals surface area contributed by atoms with Crippen molar-refractivity contribution >= 4 is 17.3 Å². The third-order valence-corrected chi connectivity index (χ3v) is 2.94. The molecule has 1 heterocycles. The summed E-state index contributed by atoms with van der Waals surface area (Å²) in [6.45, 7) is 4.62. The highest BCUT2D eigenvalue weighted by molar-refractivity contribution is 6.02. The van der Waals surface area contributed by atoms with Crippen molar-refractivity contribution in [2.45, 2.75) is 13.3 Å². The zero-order valence-electron chi connectivity index (χ0n) is 10.4. The number of hydrogen-bond donors (Lipinski definition) is 2. The second kappa shape index (κ2) is 5.08. The number of rotatable bonds is 3. The van der Waals surface area contributed by atoms with Crippen LogP contribution in [0.25, 0.3) is 0 Å². The first-order valence-electron chi connectivity index (χ1n) is 6.10. The molecular weight excluding hydrogens is 214 g/mol. The Kier molecular flexibility index (Phi) is 3.52. The number of anilines is 2. The Hall–Kier alpha value is -1.71. The fourth-order valence-corrected chi connectivity index (χ4v) is 2.10. The number of benzene rings is 1. The van der Waals surface area contributed by atoms with Crippen LogP contribution >= 0.6 is 0 Å². The number of para-hydroxylation sites is 1. The van der Waals surface area contributed by atoms with E-state index >= 15 is 0 Å². The Labute approximate surface area is 102 Å². The normalized spacial score (nSPS) is 13.3. The molecule has 1 aromatic carbocycles. The first-order chi connectivity index (χ1) is 8.24. The van der Waals surface area contributed by atoms with Crippen molar-refractivity contribution in [1.29, 1.82) is 0 Å². The molecule has 2 rings (SSSR count). The molecule has 0 spiro atoms. The van der Waals surface area contributed by atoms with Crippen molar-refractivity contribution < 1.29 is 4.79 Å². The number of fused-ring (bicyclic) bond motifs is 1. The minimum absolute atomic E-state index is 0.0832. The topological polar surface area (TPSA) is 44.4 Å². The molecule has 17 heavy (non-hydrogen) atoms. The molecule has 0 saturated heterocycles. The van der Waals surface area contributed by atoms with Crippen molar-refractivity contribution in [2.24, 2.45) is 0 Å². The lowest BCUT2D eigenvalue weighted by molar-refractivity contribution is 0.0796. The van der Waals surface area contributed by atoms with E-state index in [0.717, 1.165) is 43.0 Å². The van der Waals surface area contributed by atoms with E-state index in [9.17, 15) is 4.79 Å². The van der Waals surface area contributed by atoms with Crippen LogP contribution < -0.4 is 10.6 Å². The van der Waals surface area contributed by atoms with Gasteiger partial charge in [0.1, 0.15) is 0 Å². The van der Waals surface area contributed by atoms with E-state index in [-0.39, 0.29) is 5.91 Å². The molecule has 0 saturated carbocycles. The summed E-state index contributed by atoms with van der Waals surface area (Å²) >= 11 is 0. The van der Waals surface area contributed by atoms with Crippen LogP contribution in [0, 0.1) is 0 Å². The second-order valence-electron chi connectivity index (χ2n) is 4.31. The molecule has 0 aromatic heterocycles. The highest BCUT2D eigenvalue weighted by atomic mass is 16.2. The molecule has 4 heteroatoms. The fraction of sp³-hybridized carbons (Fsp3) is 0.462. The minimum Gasteiger partial charge on any atom is -0.382 e. The number of carbonyl (C=O) groups excluding carboxylic acids is 1. The lowest BCUT2D eigenvalue weighted by Gasteiger charge is -2.24. The lowest BCUT2D eigenvalue weighted by Crippen LogP contribution is -2.30. The number of hydrogen-bond acceptors (Lipinski definition) is 3. The summed E-state index contributed by atoms with van der Waals surface area (Å²) in [6, 6.07) is 5.80. The molecule has 0 aliphatic carbocycles. The van der Waals surface area contributed by atoms with Gasteiger partial charge < -0.3 is 15.5 Å². The van der Waals surface area contributed by atoms with Crippen LogP contribution in [0.15, 0.2) is 18.2 Å². The van der Waals surface area contributed by atoms with E-state index < -0.39 is 0 Å². The van der Waals surface area contributed by atoms with Gasteiger partial charge in [-0.2, -0.15) is 0 Å². The van der Waals surface area contributed by atoms with Gasteiger partial charge in [0.2, 0.25) is 0 Å². The summed E-state index contributed by atoms with van der Waals surface area (Å²) in [4.78, 5) is 14.0. The van der Waals surface area contributed by atoms with Gasteiger partial charge in [0.05, 0.1) is 16.9 Å². The van der Waals surface area contributed by atoms with Crippen molar-refractivity contribution in [3.63, 3.8) is 0 Å². The maximum atomic E-state index is 12.3. The Balaban J connectivity index is 2.29. The van der Waals surface area contributed by atoms with Gasteiger partial charge in [0.15, 0.2) is 0 Å². The highest BCUT2D eigenvalue weighted by Gasteiger charge is 2.19.